The molecule has 1 fully saturated rings. The molecule has 0 aromatic carbocycles. The summed E-state index contributed by atoms with van der Waals surface area (Å²) in [7, 11) is 1.56. The van der Waals surface area contributed by atoms with Crippen molar-refractivity contribution in [2.24, 2.45) is 5.41 Å². The van der Waals surface area contributed by atoms with Gasteiger partial charge in [-0.3, -0.25) is 4.79 Å². The van der Waals surface area contributed by atoms with Crippen LogP contribution in [-0.2, 0) is 4.79 Å². The second-order valence-corrected chi connectivity index (χ2v) is 5.25. The van der Waals surface area contributed by atoms with Crippen LogP contribution >= 0.6 is 0 Å². The third-order valence-corrected chi connectivity index (χ3v) is 3.61. The maximum Gasteiger partial charge on any atom is 0.390 e. The van der Waals surface area contributed by atoms with E-state index in [2.05, 4.69) is 0 Å². The van der Waals surface area contributed by atoms with E-state index < -0.39 is 24.0 Å². The molecule has 1 saturated carbocycles. The van der Waals surface area contributed by atoms with Crippen LogP contribution in [0.5, 0.6) is 0 Å². The molecule has 0 heterocycles. The zero-order valence-electron chi connectivity index (χ0n) is 10.6. The number of carbonyl (C=O) groups is 1. The topological polar surface area (TPSA) is 40.5 Å². The van der Waals surface area contributed by atoms with Gasteiger partial charge in [0.1, 0.15) is 0 Å². The molecule has 0 unspecified atom stereocenters. The van der Waals surface area contributed by atoms with Crippen LogP contribution in [0.4, 0.5) is 13.2 Å². The molecule has 0 amide bonds. The average Bonchev–Trinajstić information content (AvgIpc) is 2.26. The van der Waals surface area contributed by atoms with Gasteiger partial charge < -0.3 is 10.0 Å². The van der Waals surface area contributed by atoms with E-state index in [9.17, 15) is 23.1 Å². The monoisotopic (exact) mass is 267 g/mol. The van der Waals surface area contributed by atoms with E-state index in [0.29, 0.717) is 12.8 Å². The smallest absolute Gasteiger partial charge is 0.390 e. The van der Waals surface area contributed by atoms with Crippen molar-refractivity contribution >= 4 is 5.97 Å². The Balaban J connectivity index is 2.53. The van der Waals surface area contributed by atoms with Gasteiger partial charge in [0.25, 0.3) is 0 Å². The number of alkyl halides is 3. The maximum absolute atomic E-state index is 12.1. The minimum atomic E-state index is -4.18. The van der Waals surface area contributed by atoms with E-state index in [1.54, 1.807) is 7.05 Å². The van der Waals surface area contributed by atoms with Crippen LogP contribution in [-0.4, -0.2) is 42.3 Å². The van der Waals surface area contributed by atoms with Crippen molar-refractivity contribution < 1.29 is 23.1 Å². The summed E-state index contributed by atoms with van der Waals surface area (Å²) in [4.78, 5) is 12.9. The Morgan fingerprint density at radius 1 is 1.28 bits per heavy atom. The van der Waals surface area contributed by atoms with Gasteiger partial charge in [0.2, 0.25) is 0 Å². The fourth-order valence-electron chi connectivity index (χ4n) is 2.58. The second kappa shape index (κ2) is 5.91. The number of halogens is 3. The normalized spacial score (nSPS) is 20.1. The third kappa shape index (κ3) is 4.48. The number of hydrogen-bond acceptors (Lipinski definition) is 2. The summed E-state index contributed by atoms with van der Waals surface area (Å²) in [6.45, 7) is 0.0664. The van der Waals surface area contributed by atoms with E-state index in [4.69, 9.17) is 0 Å². The van der Waals surface area contributed by atoms with Crippen LogP contribution in [0.1, 0.15) is 38.5 Å². The Morgan fingerprint density at radius 3 is 2.28 bits per heavy atom. The first-order valence-electron chi connectivity index (χ1n) is 6.24. The summed E-state index contributed by atoms with van der Waals surface area (Å²) in [5, 5.41) is 9.32. The molecule has 6 heteroatoms. The maximum atomic E-state index is 12.1. The second-order valence-electron chi connectivity index (χ2n) is 5.25. The van der Waals surface area contributed by atoms with Crippen molar-refractivity contribution in [1.29, 1.82) is 0 Å². The van der Waals surface area contributed by atoms with Crippen LogP contribution in [0.15, 0.2) is 0 Å². The van der Waals surface area contributed by atoms with E-state index in [0.717, 1.165) is 19.3 Å². The van der Waals surface area contributed by atoms with E-state index in [-0.39, 0.29) is 13.1 Å². The lowest BCUT2D eigenvalue weighted by Gasteiger charge is -2.36. The van der Waals surface area contributed by atoms with E-state index in [1.165, 1.54) is 4.90 Å². The Bertz CT molecular complexity index is 286. The largest absolute Gasteiger partial charge is 0.481 e. The number of aliphatic carboxylic acids is 1. The lowest BCUT2D eigenvalue weighted by atomic mass is 9.73. The van der Waals surface area contributed by atoms with Gasteiger partial charge in [-0.1, -0.05) is 19.3 Å². The molecule has 0 radical (unpaired) electrons. The van der Waals surface area contributed by atoms with Crippen molar-refractivity contribution in [2.75, 3.05) is 20.1 Å². The quantitative estimate of drug-likeness (QED) is 0.832. The lowest BCUT2D eigenvalue weighted by molar-refractivity contribution is -0.153. The van der Waals surface area contributed by atoms with Gasteiger partial charge in [-0.2, -0.15) is 13.2 Å². The molecule has 0 spiro atoms. The highest BCUT2D eigenvalue weighted by Crippen LogP contribution is 2.37. The molecule has 0 atom stereocenters. The molecule has 1 aliphatic carbocycles. The van der Waals surface area contributed by atoms with Crippen LogP contribution in [0.25, 0.3) is 0 Å². The third-order valence-electron chi connectivity index (χ3n) is 3.61. The number of nitrogens with zero attached hydrogens (tertiary/aromatic N) is 1. The SMILES string of the molecule is CN(CCC(F)(F)F)CC1(C(=O)O)CCCCC1. The predicted molar refractivity (Wildman–Crippen MR) is 61.3 cm³/mol. The number of hydrogen-bond donors (Lipinski definition) is 1. The summed E-state index contributed by atoms with van der Waals surface area (Å²) in [6.07, 6.45) is -1.23. The van der Waals surface area contributed by atoms with Crippen molar-refractivity contribution in [1.82, 2.24) is 4.90 Å². The highest BCUT2D eigenvalue weighted by Gasteiger charge is 2.40. The average molecular weight is 267 g/mol. The molecule has 0 aromatic rings. The number of carboxylic acid groups (broad SMARTS) is 1. The number of carboxylic acids is 1. The Kier molecular flexibility index (Phi) is 5.01. The molecule has 0 aliphatic heterocycles. The highest BCUT2D eigenvalue weighted by molar-refractivity contribution is 5.75. The molecule has 0 bridgehead atoms. The van der Waals surface area contributed by atoms with Gasteiger partial charge in [-0.15, -0.1) is 0 Å². The van der Waals surface area contributed by atoms with Crippen LogP contribution < -0.4 is 0 Å². The lowest BCUT2D eigenvalue weighted by Crippen LogP contribution is -2.44. The van der Waals surface area contributed by atoms with Crippen LogP contribution in [0.2, 0.25) is 0 Å². The van der Waals surface area contributed by atoms with Gasteiger partial charge in [0.05, 0.1) is 11.8 Å². The molecule has 1 aliphatic rings. The summed E-state index contributed by atoms with van der Waals surface area (Å²) in [5.74, 6) is -0.874. The molecule has 0 aromatic heterocycles. The summed E-state index contributed by atoms with van der Waals surface area (Å²) < 4.78 is 36.3. The number of rotatable bonds is 5. The Labute approximate surface area is 105 Å². The Hall–Kier alpha value is -0.780. The first-order valence-corrected chi connectivity index (χ1v) is 6.24. The van der Waals surface area contributed by atoms with E-state index in [1.807, 2.05) is 0 Å². The molecular weight excluding hydrogens is 247 g/mol. The molecule has 1 rings (SSSR count). The summed E-state index contributed by atoms with van der Waals surface area (Å²) in [6, 6.07) is 0. The van der Waals surface area contributed by atoms with Gasteiger partial charge >= 0.3 is 12.1 Å². The molecule has 18 heavy (non-hydrogen) atoms. The van der Waals surface area contributed by atoms with Gasteiger partial charge in [0, 0.05) is 13.1 Å². The van der Waals surface area contributed by atoms with Gasteiger partial charge in [-0.25, -0.2) is 0 Å². The zero-order chi connectivity index (χ0) is 13.8. The minimum Gasteiger partial charge on any atom is -0.481 e. The standard InChI is InChI=1S/C12H20F3NO2/c1-16(8-7-12(13,14)15)9-11(10(17)18)5-3-2-4-6-11/h2-9H2,1H3,(H,17,18). The van der Waals surface area contributed by atoms with Gasteiger partial charge in [-0.05, 0) is 19.9 Å². The highest BCUT2D eigenvalue weighted by atomic mass is 19.4. The van der Waals surface area contributed by atoms with Gasteiger partial charge in [0.15, 0.2) is 0 Å². The van der Waals surface area contributed by atoms with Crippen LogP contribution in [0, 0.1) is 5.41 Å². The fraction of sp³-hybridized carbons (Fsp3) is 0.917. The molecular formula is C12H20F3NO2. The molecule has 0 saturated heterocycles. The summed E-state index contributed by atoms with van der Waals surface area (Å²) in [5.41, 5.74) is -0.849. The zero-order valence-corrected chi connectivity index (χ0v) is 10.6. The first kappa shape index (κ1) is 15.3. The fourth-order valence-corrected chi connectivity index (χ4v) is 2.58. The molecule has 1 N–H and O–H groups in total. The summed E-state index contributed by atoms with van der Waals surface area (Å²) >= 11 is 0. The van der Waals surface area contributed by atoms with Crippen molar-refractivity contribution in [3.05, 3.63) is 0 Å². The van der Waals surface area contributed by atoms with Crippen molar-refractivity contribution in [3.63, 3.8) is 0 Å². The minimum absolute atomic E-state index is 0.140. The molecule has 3 nitrogen and oxygen atoms in total. The van der Waals surface area contributed by atoms with Crippen LogP contribution in [0.3, 0.4) is 0 Å². The molecule has 106 valence electrons. The predicted octanol–water partition coefficient (Wildman–Crippen LogP) is 2.91. The van der Waals surface area contributed by atoms with Crippen molar-refractivity contribution in [2.45, 2.75) is 44.7 Å². The van der Waals surface area contributed by atoms with E-state index >= 15 is 0 Å². The Morgan fingerprint density at radius 2 is 1.83 bits per heavy atom. The van der Waals surface area contributed by atoms with Crippen molar-refractivity contribution in [3.8, 4) is 0 Å². The first-order chi connectivity index (χ1) is 8.25.